The minimum Gasteiger partial charge on any atom is -0.426 e. The Morgan fingerprint density at radius 3 is 1.46 bits per heavy atom. The van der Waals surface area contributed by atoms with E-state index in [0.29, 0.717) is 5.04 Å². The first-order valence-corrected chi connectivity index (χ1v) is 20.9. The predicted octanol–water partition coefficient (Wildman–Crippen LogP) is 6.41. The minimum absolute atomic E-state index is 0.449. The van der Waals surface area contributed by atoms with Crippen LogP contribution in [0.15, 0.2) is 0 Å². The average Bonchev–Trinajstić information content (AvgIpc) is 2.38. The molecular formula is C20H42OSi3. The molecule has 0 aromatic carbocycles. The molecule has 0 spiro atoms. The van der Waals surface area contributed by atoms with Gasteiger partial charge in [-0.15, -0.1) is 0 Å². The van der Waals surface area contributed by atoms with Crippen molar-refractivity contribution in [1.82, 2.24) is 0 Å². The van der Waals surface area contributed by atoms with Crippen LogP contribution in [0.2, 0.25) is 43.3 Å². The third-order valence-corrected chi connectivity index (χ3v) is 49.4. The molecule has 4 aliphatic carbocycles. The number of rotatable bonds is 4. The van der Waals surface area contributed by atoms with E-state index >= 15 is 0 Å². The Labute approximate surface area is 154 Å². The van der Waals surface area contributed by atoms with Gasteiger partial charge >= 0.3 is 0 Å². The molecule has 4 saturated carbocycles. The van der Waals surface area contributed by atoms with Gasteiger partial charge in [0.1, 0.15) is 0 Å². The molecule has 24 heavy (non-hydrogen) atoms. The van der Waals surface area contributed by atoms with Crippen molar-refractivity contribution in [2.24, 2.45) is 23.7 Å². The second-order valence-electron chi connectivity index (χ2n) is 12.0. The standard InChI is InChI=1S/C20H42OSi3/c1-20(2,3)23(8,9)24(21-4,22(5,6)7)19-17-11-15-10-16(13-17)14-18(19)12-15/h15-19H,10-14H2,1-9H3. The Balaban J connectivity index is 2.13. The second kappa shape index (κ2) is 5.80. The average molecular weight is 383 g/mol. The van der Waals surface area contributed by atoms with Crippen LogP contribution in [0.3, 0.4) is 0 Å². The van der Waals surface area contributed by atoms with E-state index in [9.17, 15) is 0 Å². The molecule has 1 nitrogen and oxygen atoms in total. The molecular weight excluding hydrogens is 340 g/mol. The lowest BCUT2D eigenvalue weighted by Crippen LogP contribution is -2.81. The molecule has 0 aliphatic heterocycles. The zero-order valence-electron chi connectivity index (χ0n) is 17.8. The fourth-order valence-electron chi connectivity index (χ4n) is 7.70. The highest BCUT2D eigenvalue weighted by atomic mass is 29.7. The highest BCUT2D eigenvalue weighted by Gasteiger charge is 2.70. The quantitative estimate of drug-likeness (QED) is 0.510. The first-order valence-electron chi connectivity index (χ1n) is 10.4. The topological polar surface area (TPSA) is 9.23 Å². The van der Waals surface area contributed by atoms with Gasteiger partial charge < -0.3 is 4.43 Å². The molecule has 4 fully saturated rings. The van der Waals surface area contributed by atoms with Gasteiger partial charge in [-0.25, -0.2) is 0 Å². The monoisotopic (exact) mass is 382 g/mol. The Kier molecular flexibility index (Phi) is 4.68. The summed E-state index contributed by atoms with van der Waals surface area (Å²) in [5.74, 6) is 4.20. The van der Waals surface area contributed by atoms with Gasteiger partial charge in [0.05, 0.1) is 15.2 Å². The van der Waals surface area contributed by atoms with Crippen molar-refractivity contribution in [3.8, 4) is 0 Å². The van der Waals surface area contributed by atoms with E-state index in [1.165, 1.54) is 0 Å². The van der Waals surface area contributed by atoms with E-state index in [2.05, 4.69) is 60.6 Å². The van der Waals surface area contributed by atoms with Gasteiger partial charge in [-0.2, -0.15) is 0 Å². The lowest BCUT2D eigenvalue weighted by Gasteiger charge is -2.66. The maximum absolute atomic E-state index is 6.98. The number of hydrogen-bond donors (Lipinski definition) is 0. The molecule has 0 saturated heterocycles. The van der Waals surface area contributed by atoms with Crippen molar-refractivity contribution >= 4 is 22.5 Å². The lowest BCUT2D eigenvalue weighted by molar-refractivity contribution is 0.0141. The van der Waals surface area contributed by atoms with E-state index < -0.39 is 22.5 Å². The Bertz CT molecular complexity index is 460. The van der Waals surface area contributed by atoms with Crippen molar-refractivity contribution in [2.45, 2.75) is 96.2 Å². The van der Waals surface area contributed by atoms with Crippen LogP contribution in [0.1, 0.15) is 52.9 Å². The zero-order chi connectivity index (χ0) is 18.1. The van der Waals surface area contributed by atoms with Crippen LogP contribution in [-0.2, 0) is 4.43 Å². The van der Waals surface area contributed by atoms with Crippen LogP contribution in [0.25, 0.3) is 0 Å². The zero-order valence-corrected chi connectivity index (χ0v) is 20.8. The highest BCUT2D eigenvalue weighted by molar-refractivity contribution is 7.67. The van der Waals surface area contributed by atoms with Crippen LogP contribution in [-0.4, -0.2) is 29.6 Å². The third kappa shape index (κ3) is 2.53. The Hall–Kier alpha value is 0.611. The van der Waals surface area contributed by atoms with Gasteiger partial charge in [0, 0.05) is 7.11 Å². The molecule has 0 heterocycles. The summed E-state index contributed by atoms with van der Waals surface area (Å²) in [5, 5.41) is 0.449. The molecule has 0 N–H and O–H groups in total. The highest BCUT2D eigenvalue weighted by Crippen LogP contribution is 2.65. The molecule has 1 atom stereocenters. The van der Waals surface area contributed by atoms with E-state index in [-0.39, 0.29) is 0 Å². The van der Waals surface area contributed by atoms with Crippen molar-refractivity contribution in [1.29, 1.82) is 0 Å². The van der Waals surface area contributed by atoms with Gasteiger partial charge in [0.25, 0.3) is 0 Å². The van der Waals surface area contributed by atoms with Crippen LogP contribution < -0.4 is 0 Å². The van der Waals surface area contributed by atoms with Crippen molar-refractivity contribution in [3.05, 3.63) is 0 Å². The third-order valence-electron chi connectivity index (χ3n) is 8.94. The summed E-state index contributed by atoms with van der Waals surface area (Å²) in [6.45, 7) is 21.1. The Morgan fingerprint density at radius 1 is 0.750 bits per heavy atom. The van der Waals surface area contributed by atoms with Gasteiger partial charge in [-0.3, -0.25) is 0 Å². The summed E-state index contributed by atoms with van der Waals surface area (Å²) in [6, 6.07) is 0. The molecule has 4 heteroatoms. The normalized spacial score (nSPS) is 39.1. The summed E-state index contributed by atoms with van der Waals surface area (Å²) in [4.78, 5) is 0. The van der Waals surface area contributed by atoms with Crippen LogP contribution in [0, 0.1) is 23.7 Å². The molecule has 1 unspecified atom stereocenters. The molecule has 4 aliphatic rings. The molecule has 4 rings (SSSR count). The molecule has 0 radical (unpaired) electrons. The van der Waals surface area contributed by atoms with Crippen LogP contribution in [0.4, 0.5) is 0 Å². The summed E-state index contributed by atoms with van der Waals surface area (Å²) < 4.78 is 6.98. The van der Waals surface area contributed by atoms with Gasteiger partial charge in [0.2, 0.25) is 0 Å². The van der Waals surface area contributed by atoms with Gasteiger partial charge in [-0.05, 0) is 66.4 Å². The molecule has 0 amide bonds. The van der Waals surface area contributed by atoms with E-state index in [4.69, 9.17) is 4.43 Å². The van der Waals surface area contributed by atoms with Crippen molar-refractivity contribution in [3.63, 3.8) is 0 Å². The van der Waals surface area contributed by atoms with E-state index in [1.807, 2.05) is 0 Å². The first-order chi connectivity index (χ1) is 10.8. The maximum Gasteiger partial charge on any atom is 0.171 e. The second-order valence-corrected chi connectivity index (χ2v) is 38.0. The van der Waals surface area contributed by atoms with Gasteiger partial charge in [0.15, 0.2) is 7.35 Å². The maximum atomic E-state index is 6.98. The molecule has 140 valence electrons. The molecule has 0 aromatic heterocycles. The summed E-state index contributed by atoms with van der Waals surface area (Å²) >= 11 is 0. The van der Waals surface area contributed by atoms with E-state index in [0.717, 1.165) is 29.2 Å². The largest absolute Gasteiger partial charge is 0.426 e. The summed E-state index contributed by atoms with van der Waals surface area (Å²) in [6.07, 6.45) is 7.77. The fourth-order valence-corrected chi connectivity index (χ4v) is 56.7. The van der Waals surface area contributed by atoms with Crippen molar-refractivity contribution < 1.29 is 4.43 Å². The Morgan fingerprint density at radius 2 is 1.17 bits per heavy atom. The van der Waals surface area contributed by atoms with Crippen LogP contribution >= 0.6 is 0 Å². The SMILES string of the molecule is CO[Si](C1C2CC3CC(C2)CC1C3)([Si](C)(C)C)[Si](C)(C)C(C)(C)C. The van der Waals surface area contributed by atoms with Gasteiger partial charge in [-0.1, -0.05) is 53.5 Å². The number of hydrogen-bond acceptors (Lipinski definition) is 1. The summed E-state index contributed by atoms with van der Waals surface area (Å²) in [5.41, 5.74) is 0.989. The minimum atomic E-state index is -1.76. The molecule has 0 aromatic rings. The van der Waals surface area contributed by atoms with Crippen LogP contribution in [0.5, 0.6) is 0 Å². The predicted molar refractivity (Wildman–Crippen MR) is 114 cm³/mol. The first kappa shape index (κ1) is 19.4. The lowest BCUT2D eigenvalue weighted by atomic mass is 9.56. The van der Waals surface area contributed by atoms with E-state index in [1.54, 1.807) is 32.1 Å². The fraction of sp³-hybridized carbons (Fsp3) is 1.00. The van der Waals surface area contributed by atoms with Crippen molar-refractivity contribution in [2.75, 3.05) is 7.11 Å². The molecule has 4 bridgehead atoms. The smallest absolute Gasteiger partial charge is 0.171 e. The summed E-state index contributed by atoms with van der Waals surface area (Å²) in [7, 11) is -2.48.